The second kappa shape index (κ2) is 5.17. The molecule has 0 aliphatic carbocycles. The standard InChI is InChI=1S/C16H21N3/c1-12-6-13(2)8-14(7-12)15-9-18-19(11-15)16-4-3-5-17-10-16/h6-9,11,16-17H,3-5,10H2,1-2H3. The van der Waals surface area contributed by atoms with Crippen molar-refractivity contribution >= 4 is 0 Å². The average Bonchev–Trinajstić information content (AvgIpc) is 2.88. The van der Waals surface area contributed by atoms with Gasteiger partial charge in [-0.15, -0.1) is 0 Å². The summed E-state index contributed by atoms with van der Waals surface area (Å²) < 4.78 is 2.12. The Hall–Kier alpha value is -1.61. The predicted octanol–water partition coefficient (Wildman–Crippen LogP) is 3.09. The lowest BCUT2D eigenvalue weighted by Crippen LogP contribution is -2.31. The molecule has 0 amide bonds. The smallest absolute Gasteiger partial charge is 0.0644 e. The van der Waals surface area contributed by atoms with Crippen LogP contribution in [0.1, 0.15) is 30.0 Å². The Labute approximate surface area is 114 Å². The normalized spacial score (nSPS) is 19.6. The van der Waals surface area contributed by atoms with Crippen LogP contribution in [0.25, 0.3) is 11.1 Å². The van der Waals surface area contributed by atoms with Crippen molar-refractivity contribution in [2.45, 2.75) is 32.7 Å². The molecule has 1 aromatic carbocycles. The zero-order valence-electron chi connectivity index (χ0n) is 11.7. The van der Waals surface area contributed by atoms with E-state index in [4.69, 9.17) is 0 Å². The Balaban J connectivity index is 1.87. The molecular formula is C16H21N3. The van der Waals surface area contributed by atoms with Gasteiger partial charge in [0, 0.05) is 18.3 Å². The number of nitrogens with one attached hydrogen (secondary N) is 1. The van der Waals surface area contributed by atoms with Gasteiger partial charge in [0.05, 0.1) is 12.2 Å². The zero-order chi connectivity index (χ0) is 13.2. The van der Waals surface area contributed by atoms with Crippen LogP contribution >= 0.6 is 0 Å². The molecule has 100 valence electrons. The fourth-order valence-corrected chi connectivity index (χ4v) is 2.89. The van der Waals surface area contributed by atoms with Gasteiger partial charge in [0.15, 0.2) is 0 Å². The predicted molar refractivity (Wildman–Crippen MR) is 78.3 cm³/mol. The highest BCUT2D eigenvalue weighted by molar-refractivity contribution is 5.63. The second-order valence-corrected chi connectivity index (χ2v) is 5.59. The minimum absolute atomic E-state index is 0.508. The summed E-state index contributed by atoms with van der Waals surface area (Å²) in [4.78, 5) is 0. The van der Waals surface area contributed by atoms with Crippen LogP contribution in [0.4, 0.5) is 0 Å². The van der Waals surface area contributed by atoms with Crippen LogP contribution in [0.5, 0.6) is 0 Å². The van der Waals surface area contributed by atoms with Gasteiger partial charge in [-0.2, -0.15) is 5.10 Å². The molecule has 1 fully saturated rings. The Morgan fingerprint density at radius 2 is 1.95 bits per heavy atom. The van der Waals surface area contributed by atoms with Crippen LogP contribution < -0.4 is 5.32 Å². The summed E-state index contributed by atoms with van der Waals surface area (Å²) in [5.74, 6) is 0. The van der Waals surface area contributed by atoms with Gasteiger partial charge in [0.1, 0.15) is 0 Å². The highest BCUT2D eigenvalue weighted by atomic mass is 15.3. The second-order valence-electron chi connectivity index (χ2n) is 5.59. The van der Waals surface area contributed by atoms with Crippen molar-refractivity contribution in [3.8, 4) is 11.1 Å². The molecule has 3 heteroatoms. The largest absolute Gasteiger partial charge is 0.315 e. The molecule has 0 bridgehead atoms. The van der Waals surface area contributed by atoms with Crippen LogP contribution in [0.2, 0.25) is 0 Å². The molecule has 0 saturated carbocycles. The third kappa shape index (κ3) is 2.71. The fourth-order valence-electron chi connectivity index (χ4n) is 2.89. The van der Waals surface area contributed by atoms with E-state index in [0.717, 1.165) is 13.1 Å². The molecule has 3 nitrogen and oxygen atoms in total. The van der Waals surface area contributed by atoms with Gasteiger partial charge in [0.2, 0.25) is 0 Å². The van der Waals surface area contributed by atoms with Gasteiger partial charge in [-0.1, -0.05) is 29.3 Å². The minimum Gasteiger partial charge on any atom is -0.315 e. The van der Waals surface area contributed by atoms with Crippen molar-refractivity contribution in [1.82, 2.24) is 15.1 Å². The molecule has 1 saturated heterocycles. The number of piperidine rings is 1. The van der Waals surface area contributed by atoms with Crippen LogP contribution in [-0.4, -0.2) is 22.9 Å². The highest BCUT2D eigenvalue weighted by Crippen LogP contribution is 2.24. The summed E-state index contributed by atoms with van der Waals surface area (Å²) in [7, 11) is 0. The lowest BCUT2D eigenvalue weighted by molar-refractivity contribution is 0.347. The third-order valence-corrected chi connectivity index (χ3v) is 3.80. The Morgan fingerprint density at radius 1 is 1.16 bits per heavy atom. The summed E-state index contributed by atoms with van der Waals surface area (Å²) in [6, 6.07) is 7.17. The van der Waals surface area contributed by atoms with Crippen LogP contribution in [-0.2, 0) is 0 Å². The quantitative estimate of drug-likeness (QED) is 0.893. The monoisotopic (exact) mass is 255 g/mol. The lowest BCUT2D eigenvalue weighted by atomic mass is 10.0. The summed E-state index contributed by atoms with van der Waals surface area (Å²) >= 11 is 0. The molecular weight excluding hydrogens is 234 g/mol. The molecule has 1 unspecified atom stereocenters. The van der Waals surface area contributed by atoms with Crippen molar-refractivity contribution in [3.05, 3.63) is 41.7 Å². The van der Waals surface area contributed by atoms with Crippen molar-refractivity contribution in [2.75, 3.05) is 13.1 Å². The Bertz CT molecular complexity index is 545. The average molecular weight is 255 g/mol. The number of rotatable bonds is 2. The number of aromatic nitrogens is 2. The molecule has 0 radical (unpaired) electrons. The molecule has 3 rings (SSSR count). The van der Waals surface area contributed by atoms with E-state index < -0.39 is 0 Å². The van der Waals surface area contributed by atoms with Crippen molar-refractivity contribution in [1.29, 1.82) is 0 Å². The summed E-state index contributed by atoms with van der Waals surface area (Å²) in [5, 5.41) is 7.99. The first-order chi connectivity index (χ1) is 9.22. The van der Waals surface area contributed by atoms with Gasteiger partial charge in [-0.05, 0) is 38.8 Å². The van der Waals surface area contributed by atoms with Crippen molar-refractivity contribution in [2.24, 2.45) is 0 Å². The van der Waals surface area contributed by atoms with E-state index in [9.17, 15) is 0 Å². The van der Waals surface area contributed by atoms with Gasteiger partial charge in [-0.3, -0.25) is 4.68 Å². The number of nitrogens with zero attached hydrogens (tertiary/aromatic N) is 2. The first-order valence-electron chi connectivity index (χ1n) is 7.06. The van der Waals surface area contributed by atoms with Crippen molar-refractivity contribution < 1.29 is 0 Å². The first-order valence-corrected chi connectivity index (χ1v) is 7.06. The van der Waals surface area contributed by atoms with Crippen LogP contribution in [0.15, 0.2) is 30.6 Å². The van der Waals surface area contributed by atoms with E-state index >= 15 is 0 Å². The first kappa shape index (κ1) is 12.4. The maximum Gasteiger partial charge on any atom is 0.0644 e. The van der Waals surface area contributed by atoms with E-state index in [1.807, 2.05) is 6.20 Å². The molecule has 1 aliphatic rings. The van der Waals surface area contributed by atoms with E-state index in [1.54, 1.807) is 0 Å². The minimum atomic E-state index is 0.508. The van der Waals surface area contributed by atoms with Gasteiger partial charge in [-0.25, -0.2) is 0 Å². The Kier molecular flexibility index (Phi) is 3.38. The Morgan fingerprint density at radius 3 is 2.63 bits per heavy atom. The van der Waals surface area contributed by atoms with Gasteiger partial charge in [0.25, 0.3) is 0 Å². The van der Waals surface area contributed by atoms with Gasteiger partial charge < -0.3 is 5.32 Å². The maximum absolute atomic E-state index is 4.55. The molecule has 1 aliphatic heterocycles. The molecule has 1 aromatic heterocycles. The molecule has 2 heterocycles. The van der Waals surface area contributed by atoms with E-state index in [1.165, 1.54) is 35.1 Å². The number of hydrogen-bond donors (Lipinski definition) is 1. The summed E-state index contributed by atoms with van der Waals surface area (Å²) in [6.07, 6.45) is 6.64. The van der Waals surface area contributed by atoms with E-state index in [-0.39, 0.29) is 0 Å². The topological polar surface area (TPSA) is 29.9 Å². The van der Waals surface area contributed by atoms with E-state index in [0.29, 0.717) is 6.04 Å². The summed E-state index contributed by atoms with van der Waals surface area (Å²) in [5.41, 5.74) is 5.11. The molecule has 19 heavy (non-hydrogen) atoms. The molecule has 1 atom stereocenters. The lowest BCUT2D eigenvalue weighted by Gasteiger charge is -2.22. The van der Waals surface area contributed by atoms with Crippen LogP contribution in [0, 0.1) is 13.8 Å². The zero-order valence-corrected chi connectivity index (χ0v) is 11.7. The fraction of sp³-hybridized carbons (Fsp3) is 0.438. The number of benzene rings is 1. The number of hydrogen-bond acceptors (Lipinski definition) is 2. The maximum atomic E-state index is 4.55. The molecule has 0 spiro atoms. The molecule has 2 aromatic rings. The summed E-state index contributed by atoms with van der Waals surface area (Å²) in [6.45, 7) is 6.47. The highest BCUT2D eigenvalue weighted by Gasteiger charge is 2.15. The van der Waals surface area contributed by atoms with Crippen LogP contribution in [0.3, 0.4) is 0 Å². The third-order valence-electron chi connectivity index (χ3n) is 3.80. The molecule has 1 N–H and O–H groups in total. The van der Waals surface area contributed by atoms with E-state index in [2.05, 4.69) is 53.3 Å². The van der Waals surface area contributed by atoms with Gasteiger partial charge >= 0.3 is 0 Å². The number of aryl methyl sites for hydroxylation is 2. The SMILES string of the molecule is Cc1cc(C)cc(-c2cnn(C3CCCNC3)c2)c1. The van der Waals surface area contributed by atoms with Crippen molar-refractivity contribution in [3.63, 3.8) is 0 Å².